The fraction of sp³-hybridized carbons (Fsp3) is 0.350. The Morgan fingerprint density at radius 3 is 2.81 bits per heavy atom. The number of rotatable bonds is 6. The zero-order valence-electron chi connectivity index (χ0n) is 15.4. The number of nitrogens with one attached hydrogen (secondary N) is 1. The van der Waals surface area contributed by atoms with Crippen molar-refractivity contribution in [2.75, 3.05) is 43.4 Å². The van der Waals surface area contributed by atoms with Crippen molar-refractivity contribution in [1.82, 2.24) is 4.90 Å². The highest BCUT2D eigenvalue weighted by Gasteiger charge is 2.25. The summed E-state index contributed by atoms with van der Waals surface area (Å²) >= 11 is 0. The fourth-order valence-electron chi connectivity index (χ4n) is 3.21. The second kappa shape index (κ2) is 8.35. The molecular formula is C20H23F2N3O2. The Labute approximate surface area is 157 Å². The van der Waals surface area contributed by atoms with Crippen molar-refractivity contribution in [3.63, 3.8) is 0 Å². The zero-order chi connectivity index (χ0) is 19.4. The highest BCUT2D eigenvalue weighted by atomic mass is 19.1. The van der Waals surface area contributed by atoms with Gasteiger partial charge in [-0.2, -0.15) is 0 Å². The van der Waals surface area contributed by atoms with Crippen LogP contribution in [0, 0.1) is 11.6 Å². The Bertz CT molecular complexity index is 816. The molecule has 0 fully saturated rings. The van der Waals surface area contributed by atoms with Gasteiger partial charge < -0.3 is 15.0 Å². The van der Waals surface area contributed by atoms with Crippen molar-refractivity contribution in [2.24, 2.45) is 0 Å². The van der Waals surface area contributed by atoms with E-state index in [1.165, 1.54) is 6.07 Å². The van der Waals surface area contributed by atoms with E-state index in [9.17, 15) is 13.6 Å². The van der Waals surface area contributed by atoms with Gasteiger partial charge in [-0.25, -0.2) is 8.78 Å². The minimum absolute atomic E-state index is 0.0326. The van der Waals surface area contributed by atoms with E-state index in [4.69, 9.17) is 4.74 Å². The van der Waals surface area contributed by atoms with Crippen LogP contribution in [0.3, 0.4) is 0 Å². The maximum Gasteiger partial charge on any atom is 0.238 e. The Balaban J connectivity index is 1.56. The van der Waals surface area contributed by atoms with Crippen LogP contribution < -0.4 is 15.0 Å². The van der Waals surface area contributed by atoms with Gasteiger partial charge in [0, 0.05) is 19.2 Å². The lowest BCUT2D eigenvalue weighted by Gasteiger charge is -2.37. The maximum absolute atomic E-state index is 13.6. The Morgan fingerprint density at radius 1 is 1.30 bits per heavy atom. The van der Waals surface area contributed by atoms with Gasteiger partial charge in [0.2, 0.25) is 5.91 Å². The number of carbonyl (C=O) groups excluding carboxylic acids is 1. The van der Waals surface area contributed by atoms with Crippen molar-refractivity contribution in [3.05, 3.63) is 54.1 Å². The summed E-state index contributed by atoms with van der Waals surface area (Å²) in [5, 5.41) is 2.47. The van der Waals surface area contributed by atoms with E-state index < -0.39 is 11.6 Å². The highest BCUT2D eigenvalue weighted by molar-refractivity contribution is 5.92. The molecule has 2 aromatic carbocycles. The normalized spacial score (nSPS) is 16.0. The van der Waals surface area contributed by atoms with Gasteiger partial charge >= 0.3 is 0 Å². The number of amides is 1. The Kier molecular flexibility index (Phi) is 5.91. The number of hydrogen-bond donors (Lipinski definition) is 1. The number of fused-ring (bicyclic) bond motifs is 1. The van der Waals surface area contributed by atoms with Crippen molar-refractivity contribution in [2.45, 2.75) is 13.0 Å². The number of halogens is 2. The SMILES string of the molecule is CCN1CC(CN(C)CC(=O)Nc2ccc(F)cc2F)Oc2ccccc21. The molecule has 7 heteroatoms. The van der Waals surface area contributed by atoms with Gasteiger partial charge in [-0.05, 0) is 38.2 Å². The molecule has 0 saturated carbocycles. The third-order valence-electron chi connectivity index (χ3n) is 4.44. The molecule has 0 aromatic heterocycles. The average Bonchev–Trinajstić information content (AvgIpc) is 2.63. The summed E-state index contributed by atoms with van der Waals surface area (Å²) in [6.07, 6.45) is -0.0831. The molecule has 1 amide bonds. The molecule has 0 spiro atoms. The Hall–Kier alpha value is -2.67. The zero-order valence-corrected chi connectivity index (χ0v) is 15.4. The van der Waals surface area contributed by atoms with Crippen LogP contribution in [0.15, 0.2) is 42.5 Å². The maximum atomic E-state index is 13.6. The third-order valence-corrected chi connectivity index (χ3v) is 4.44. The molecule has 1 aliphatic rings. The summed E-state index contributed by atoms with van der Waals surface area (Å²) < 4.78 is 32.6. The van der Waals surface area contributed by atoms with Crippen LogP contribution in [-0.4, -0.2) is 50.1 Å². The van der Waals surface area contributed by atoms with Gasteiger partial charge in [0.15, 0.2) is 0 Å². The number of likely N-dealkylation sites (N-methyl/N-ethyl adjacent to an activating group) is 2. The average molecular weight is 375 g/mol. The highest BCUT2D eigenvalue weighted by Crippen LogP contribution is 2.32. The van der Waals surface area contributed by atoms with E-state index in [0.717, 1.165) is 36.7 Å². The molecule has 1 N–H and O–H groups in total. The quantitative estimate of drug-likeness (QED) is 0.843. The number of carbonyl (C=O) groups is 1. The van der Waals surface area contributed by atoms with Gasteiger partial charge in [0.1, 0.15) is 23.5 Å². The van der Waals surface area contributed by atoms with Crippen molar-refractivity contribution in [3.8, 4) is 5.75 Å². The van der Waals surface area contributed by atoms with Crippen molar-refractivity contribution < 1.29 is 18.3 Å². The van der Waals surface area contributed by atoms with Crippen LogP contribution in [-0.2, 0) is 4.79 Å². The number of hydrogen-bond acceptors (Lipinski definition) is 4. The summed E-state index contributed by atoms with van der Waals surface area (Å²) in [5.41, 5.74) is 1.04. The summed E-state index contributed by atoms with van der Waals surface area (Å²) in [4.78, 5) is 16.2. The van der Waals surface area contributed by atoms with E-state index in [1.807, 2.05) is 29.2 Å². The molecule has 1 heterocycles. The molecule has 0 aliphatic carbocycles. The van der Waals surface area contributed by atoms with Crippen LogP contribution in [0.25, 0.3) is 0 Å². The first-order valence-electron chi connectivity index (χ1n) is 8.90. The predicted molar refractivity (Wildman–Crippen MR) is 101 cm³/mol. The van der Waals surface area contributed by atoms with Crippen LogP contribution in [0.5, 0.6) is 5.75 Å². The molecule has 3 rings (SSSR count). The number of para-hydroxylation sites is 2. The fourth-order valence-corrected chi connectivity index (χ4v) is 3.21. The minimum Gasteiger partial charge on any atom is -0.485 e. The molecule has 1 atom stereocenters. The number of ether oxygens (including phenoxy) is 1. The molecule has 0 saturated heterocycles. The summed E-state index contributed by atoms with van der Waals surface area (Å²) in [6, 6.07) is 10.9. The van der Waals surface area contributed by atoms with Gasteiger partial charge in [-0.3, -0.25) is 9.69 Å². The largest absolute Gasteiger partial charge is 0.485 e. The summed E-state index contributed by atoms with van der Waals surface area (Å²) in [5.74, 6) is -1.01. The third kappa shape index (κ3) is 4.74. The van der Waals surface area contributed by atoms with Crippen LogP contribution >= 0.6 is 0 Å². The predicted octanol–water partition coefficient (Wildman–Crippen LogP) is 3.12. The summed E-state index contributed by atoms with van der Waals surface area (Å²) in [7, 11) is 1.81. The van der Waals surface area contributed by atoms with Gasteiger partial charge in [0.05, 0.1) is 24.5 Å². The molecule has 27 heavy (non-hydrogen) atoms. The number of nitrogens with zero attached hydrogens (tertiary/aromatic N) is 2. The second-order valence-corrected chi connectivity index (χ2v) is 6.62. The lowest BCUT2D eigenvalue weighted by Crippen LogP contribution is -2.46. The lowest BCUT2D eigenvalue weighted by molar-refractivity contribution is -0.117. The first-order valence-corrected chi connectivity index (χ1v) is 8.90. The van der Waals surface area contributed by atoms with E-state index in [0.29, 0.717) is 6.54 Å². The van der Waals surface area contributed by atoms with E-state index in [1.54, 1.807) is 7.05 Å². The van der Waals surface area contributed by atoms with Crippen LogP contribution in [0.2, 0.25) is 0 Å². The van der Waals surface area contributed by atoms with Gasteiger partial charge in [-0.15, -0.1) is 0 Å². The van der Waals surface area contributed by atoms with Gasteiger partial charge in [-0.1, -0.05) is 12.1 Å². The topological polar surface area (TPSA) is 44.8 Å². The van der Waals surface area contributed by atoms with E-state index in [-0.39, 0.29) is 24.2 Å². The van der Waals surface area contributed by atoms with Crippen LogP contribution in [0.1, 0.15) is 6.92 Å². The number of benzene rings is 2. The number of anilines is 2. The standard InChI is InChI=1S/C20H23F2N3O2/c1-3-25-12-15(27-19-7-5-4-6-18(19)25)11-24(2)13-20(26)23-17-9-8-14(21)10-16(17)22/h4-10,15H,3,11-13H2,1-2H3,(H,23,26). The first-order chi connectivity index (χ1) is 13.0. The molecule has 0 bridgehead atoms. The smallest absolute Gasteiger partial charge is 0.238 e. The van der Waals surface area contributed by atoms with Crippen molar-refractivity contribution in [1.29, 1.82) is 0 Å². The molecule has 1 unspecified atom stereocenters. The van der Waals surface area contributed by atoms with Crippen molar-refractivity contribution >= 4 is 17.3 Å². The van der Waals surface area contributed by atoms with E-state index in [2.05, 4.69) is 17.1 Å². The molecule has 1 aliphatic heterocycles. The summed E-state index contributed by atoms with van der Waals surface area (Å²) in [6.45, 7) is 4.30. The van der Waals surface area contributed by atoms with Gasteiger partial charge in [0.25, 0.3) is 0 Å². The molecule has 144 valence electrons. The van der Waals surface area contributed by atoms with Crippen LogP contribution in [0.4, 0.5) is 20.2 Å². The Morgan fingerprint density at radius 2 is 2.07 bits per heavy atom. The first kappa shape index (κ1) is 19.1. The molecule has 0 radical (unpaired) electrons. The minimum atomic E-state index is -0.795. The molecule has 2 aromatic rings. The molecule has 5 nitrogen and oxygen atoms in total. The second-order valence-electron chi connectivity index (χ2n) is 6.62. The molecular weight excluding hydrogens is 352 g/mol. The van der Waals surface area contributed by atoms with E-state index >= 15 is 0 Å². The monoisotopic (exact) mass is 375 g/mol. The lowest BCUT2D eigenvalue weighted by atomic mass is 10.2.